The predicted octanol–water partition coefficient (Wildman–Crippen LogP) is 5.19. The number of hydrogen-bond donors (Lipinski definition) is 2. The van der Waals surface area contributed by atoms with Gasteiger partial charge in [0, 0.05) is 28.3 Å². The van der Waals surface area contributed by atoms with E-state index in [0.29, 0.717) is 36.6 Å². The molecule has 1 aromatic heterocycles. The zero-order valence-corrected chi connectivity index (χ0v) is 18.7. The fraction of sp³-hybridized carbons (Fsp3) is 0.261. The molecule has 0 saturated carbocycles. The molecule has 2 aromatic carbocycles. The molecule has 0 atom stereocenters. The van der Waals surface area contributed by atoms with Gasteiger partial charge in [-0.1, -0.05) is 32.2 Å². The van der Waals surface area contributed by atoms with Crippen molar-refractivity contribution < 1.29 is 9.44 Å². The van der Waals surface area contributed by atoms with Crippen molar-refractivity contribution in [3.8, 4) is 10.4 Å². The van der Waals surface area contributed by atoms with Crippen LogP contribution >= 0.6 is 19.3 Å². The Labute approximate surface area is 182 Å². The van der Waals surface area contributed by atoms with Crippen LogP contribution in [0.2, 0.25) is 0 Å². The monoisotopic (exact) mass is 439 g/mol. The third-order valence-corrected chi connectivity index (χ3v) is 8.42. The predicted molar refractivity (Wildman–Crippen MR) is 128 cm³/mol. The third-order valence-electron chi connectivity index (χ3n) is 5.57. The summed E-state index contributed by atoms with van der Waals surface area (Å²) in [6.07, 6.45) is 2.09. The lowest BCUT2D eigenvalue weighted by molar-refractivity contribution is -0.890. The van der Waals surface area contributed by atoms with Crippen molar-refractivity contribution in [1.82, 2.24) is 0 Å². The lowest BCUT2D eigenvalue weighted by atomic mass is 10.1. The molecule has 30 heavy (non-hydrogen) atoms. The summed E-state index contributed by atoms with van der Waals surface area (Å²) in [5.74, 6) is -0.211. The number of thiophene rings is 1. The summed E-state index contributed by atoms with van der Waals surface area (Å²) in [5.41, 5.74) is 9.75. The van der Waals surface area contributed by atoms with Gasteiger partial charge in [-0.2, -0.15) is 0 Å². The van der Waals surface area contributed by atoms with Crippen LogP contribution in [0.1, 0.15) is 15.9 Å². The van der Waals surface area contributed by atoms with Crippen LogP contribution in [-0.2, 0) is 6.54 Å². The zero-order valence-electron chi connectivity index (χ0n) is 17.0. The molecule has 0 radical (unpaired) electrons. The van der Waals surface area contributed by atoms with E-state index >= 15 is 0 Å². The highest BCUT2D eigenvalue weighted by Gasteiger charge is 2.24. The van der Waals surface area contributed by atoms with Crippen molar-refractivity contribution >= 4 is 36.5 Å². The molecular weight excluding hydrogens is 413 g/mol. The third kappa shape index (κ3) is 4.90. The van der Waals surface area contributed by atoms with Crippen molar-refractivity contribution in [3.05, 3.63) is 76.3 Å². The van der Waals surface area contributed by atoms with Gasteiger partial charge in [-0.25, -0.2) is 0 Å². The van der Waals surface area contributed by atoms with E-state index in [9.17, 15) is 10.0 Å². The molecule has 5 nitrogen and oxygen atoms in total. The van der Waals surface area contributed by atoms with E-state index in [-0.39, 0.29) is 18.5 Å². The first-order valence-electron chi connectivity index (χ1n) is 10.0. The molecule has 3 aromatic rings. The number of amides is 1. The average Bonchev–Trinajstić information content (AvgIpc) is 3.27. The summed E-state index contributed by atoms with van der Waals surface area (Å²) in [4.78, 5) is 13.9. The molecule has 7 heteroatoms. The SMILES string of the molecule is CP1CC[N+]([O-])(Cc2ccc(C(=O)Nc3cc(-c4cccs4)ccc3N)cc2)CC1. The summed E-state index contributed by atoms with van der Waals surface area (Å²) in [5, 5.41) is 17.9. The Morgan fingerprint density at radius 2 is 1.90 bits per heavy atom. The van der Waals surface area contributed by atoms with Crippen molar-refractivity contribution in [3.63, 3.8) is 0 Å². The first-order valence-corrected chi connectivity index (χ1v) is 13.1. The van der Waals surface area contributed by atoms with Gasteiger partial charge in [-0.05, 0) is 47.9 Å². The van der Waals surface area contributed by atoms with E-state index in [1.807, 2.05) is 47.8 Å². The normalized spacial score (nSPS) is 21.3. The quantitative estimate of drug-likeness (QED) is 0.249. The number of anilines is 2. The standard InChI is InChI=1S/C23H26N3O2PS/c1-29-12-10-26(28,11-13-29)16-17-4-6-18(7-5-17)23(27)25-21-15-19(8-9-20(21)24)22-3-2-14-30-22/h2-9,14-15H,10-13,16,24H2,1H3,(H,25,27). The molecule has 3 N–H and O–H groups in total. The molecule has 4 rings (SSSR count). The van der Waals surface area contributed by atoms with Gasteiger partial charge in [0.15, 0.2) is 0 Å². The largest absolute Gasteiger partial charge is 0.633 e. The highest BCUT2D eigenvalue weighted by molar-refractivity contribution is 7.56. The molecule has 0 aliphatic carbocycles. The minimum absolute atomic E-state index is 0.0416. The fourth-order valence-electron chi connectivity index (χ4n) is 3.64. The Morgan fingerprint density at radius 3 is 2.57 bits per heavy atom. The second-order valence-corrected chi connectivity index (χ2v) is 11.5. The van der Waals surface area contributed by atoms with Gasteiger partial charge in [-0.15, -0.1) is 11.3 Å². The first kappa shape index (κ1) is 21.0. The van der Waals surface area contributed by atoms with Crippen LogP contribution in [0.4, 0.5) is 11.4 Å². The first-order chi connectivity index (χ1) is 14.4. The number of nitrogens with zero attached hydrogens (tertiary/aromatic N) is 1. The lowest BCUT2D eigenvalue weighted by Crippen LogP contribution is -2.47. The smallest absolute Gasteiger partial charge is 0.255 e. The number of carbonyl (C=O) groups is 1. The topological polar surface area (TPSA) is 78.2 Å². The number of quaternary nitrogens is 1. The molecule has 1 fully saturated rings. The molecule has 1 amide bonds. The summed E-state index contributed by atoms with van der Waals surface area (Å²) >= 11 is 1.64. The van der Waals surface area contributed by atoms with E-state index in [0.717, 1.165) is 28.3 Å². The molecular formula is C23H26N3O2PS. The maximum Gasteiger partial charge on any atom is 0.255 e. The summed E-state index contributed by atoms with van der Waals surface area (Å²) < 4.78 is -0.149. The van der Waals surface area contributed by atoms with Gasteiger partial charge in [0.1, 0.15) is 6.54 Å². The van der Waals surface area contributed by atoms with Crippen molar-refractivity contribution in [2.75, 3.05) is 43.1 Å². The van der Waals surface area contributed by atoms with Gasteiger partial charge in [0.05, 0.1) is 24.5 Å². The number of benzene rings is 2. The number of hydroxylamine groups is 3. The van der Waals surface area contributed by atoms with Gasteiger partial charge < -0.3 is 20.9 Å². The molecule has 0 bridgehead atoms. The average molecular weight is 440 g/mol. The Kier molecular flexibility index (Phi) is 6.21. The fourth-order valence-corrected chi connectivity index (χ4v) is 6.00. The summed E-state index contributed by atoms with van der Waals surface area (Å²) in [6, 6.07) is 17.0. The van der Waals surface area contributed by atoms with Crippen LogP contribution < -0.4 is 11.1 Å². The Balaban J connectivity index is 1.44. The van der Waals surface area contributed by atoms with Gasteiger partial charge in [0.25, 0.3) is 5.91 Å². The van der Waals surface area contributed by atoms with E-state index in [2.05, 4.69) is 12.0 Å². The molecule has 1 aliphatic heterocycles. The summed E-state index contributed by atoms with van der Waals surface area (Å²) in [7, 11) is 0.0416. The Hall–Kier alpha value is -2.24. The number of nitrogens with one attached hydrogen (secondary N) is 1. The molecule has 2 heterocycles. The molecule has 1 saturated heterocycles. The highest BCUT2D eigenvalue weighted by atomic mass is 32.1. The van der Waals surface area contributed by atoms with Crippen LogP contribution in [0.3, 0.4) is 0 Å². The highest BCUT2D eigenvalue weighted by Crippen LogP contribution is 2.36. The molecule has 156 valence electrons. The second kappa shape index (κ2) is 8.86. The molecule has 1 aliphatic rings. The lowest BCUT2D eigenvalue weighted by Gasteiger charge is -2.47. The van der Waals surface area contributed by atoms with Crippen LogP contribution in [0, 0.1) is 5.21 Å². The Morgan fingerprint density at radius 1 is 1.17 bits per heavy atom. The van der Waals surface area contributed by atoms with Crippen LogP contribution in [0.25, 0.3) is 10.4 Å². The van der Waals surface area contributed by atoms with E-state index < -0.39 is 0 Å². The Bertz CT molecular complexity index is 1010. The number of carbonyl (C=O) groups excluding carboxylic acids is 1. The van der Waals surface area contributed by atoms with Crippen LogP contribution in [-0.4, -0.2) is 42.6 Å². The second-order valence-electron chi connectivity index (χ2n) is 7.90. The minimum Gasteiger partial charge on any atom is -0.633 e. The van der Waals surface area contributed by atoms with E-state index in [4.69, 9.17) is 5.73 Å². The van der Waals surface area contributed by atoms with E-state index in [1.54, 1.807) is 23.5 Å². The maximum atomic E-state index is 12.9. The maximum absolute atomic E-state index is 12.9. The van der Waals surface area contributed by atoms with Crippen molar-refractivity contribution in [2.24, 2.45) is 0 Å². The van der Waals surface area contributed by atoms with Crippen molar-refractivity contribution in [2.45, 2.75) is 6.54 Å². The number of nitrogen functional groups attached to an aromatic ring is 1. The molecule has 0 spiro atoms. The zero-order chi connectivity index (χ0) is 21.1. The number of nitrogens with two attached hydrogens (primary N) is 1. The minimum atomic E-state index is -0.211. The van der Waals surface area contributed by atoms with Gasteiger partial charge >= 0.3 is 0 Å². The molecule has 0 unspecified atom stereocenters. The van der Waals surface area contributed by atoms with Gasteiger partial charge in [-0.3, -0.25) is 4.79 Å². The summed E-state index contributed by atoms with van der Waals surface area (Å²) in [6.45, 7) is 4.14. The van der Waals surface area contributed by atoms with E-state index in [1.165, 1.54) is 0 Å². The number of hydrogen-bond acceptors (Lipinski definition) is 4. The van der Waals surface area contributed by atoms with Crippen LogP contribution in [0.15, 0.2) is 60.0 Å². The van der Waals surface area contributed by atoms with Crippen LogP contribution in [0.5, 0.6) is 0 Å². The van der Waals surface area contributed by atoms with Gasteiger partial charge in [0.2, 0.25) is 0 Å². The number of rotatable bonds is 5. The van der Waals surface area contributed by atoms with Crippen molar-refractivity contribution in [1.29, 1.82) is 0 Å².